The molecule has 2 aliphatic rings. The first kappa shape index (κ1) is 16.2. The molecule has 124 valence electrons. The molecule has 5 nitrogen and oxygen atoms in total. The van der Waals surface area contributed by atoms with Gasteiger partial charge in [-0.1, -0.05) is 20.8 Å². The second-order valence-electron chi connectivity index (χ2n) is 7.94. The fourth-order valence-electron chi connectivity index (χ4n) is 3.91. The third-order valence-electron chi connectivity index (χ3n) is 5.51. The van der Waals surface area contributed by atoms with Crippen molar-refractivity contribution in [2.24, 2.45) is 11.3 Å². The maximum absolute atomic E-state index is 8.82. The second-order valence-corrected chi connectivity index (χ2v) is 7.94. The molecule has 2 heterocycles. The average Bonchev–Trinajstić information content (AvgIpc) is 3.05. The van der Waals surface area contributed by atoms with Gasteiger partial charge in [-0.25, -0.2) is 9.97 Å². The summed E-state index contributed by atoms with van der Waals surface area (Å²) in [6, 6.07) is 2.82. The number of piperazine rings is 1. The molecule has 1 aromatic rings. The molecule has 23 heavy (non-hydrogen) atoms. The van der Waals surface area contributed by atoms with Crippen LogP contribution in [-0.4, -0.2) is 47.1 Å². The predicted octanol–water partition coefficient (Wildman–Crippen LogP) is 2.69. The Morgan fingerprint density at radius 3 is 2.26 bits per heavy atom. The van der Waals surface area contributed by atoms with Gasteiger partial charge in [-0.3, -0.25) is 4.90 Å². The van der Waals surface area contributed by atoms with Crippen LogP contribution in [0.5, 0.6) is 0 Å². The smallest absolute Gasteiger partial charge is 0.225 e. The Morgan fingerprint density at radius 2 is 1.74 bits per heavy atom. The van der Waals surface area contributed by atoms with E-state index in [9.17, 15) is 0 Å². The Kier molecular flexibility index (Phi) is 4.54. The average molecular weight is 313 g/mol. The molecule has 3 rings (SSSR count). The van der Waals surface area contributed by atoms with Gasteiger partial charge in [0.25, 0.3) is 0 Å². The first-order valence-electron chi connectivity index (χ1n) is 8.68. The lowest BCUT2D eigenvalue weighted by molar-refractivity contribution is 0.167. The molecule has 0 amide bonds. The third-order valence-corrected chi connectivity index (χ3v) is 5.51. The van der Waals surface area contributed by atoms with Gasteiger partial charge in [0, 0.05) is 32.2 Å². The summed E-state index contributed by atoms with van der Waals surface area (Å²) in [5.41, 5.74) is 0.957. The minimum absolute atomic E-state index is 0.437. The fraction of sp³-hybridized carbons (Fsp3) is 0.722. The summed E-state index contributed by atoms with van der Waals surface area (Å²) < 4.78 is 0. The monoisotopic (exact) mass is 313 g/mol. The van der Waals surface area contributed by atoms with E-state index in [1.54, 1.807) is 12.4 Å². The van der Waals surface area contributed by atoms with E-state index in [4.69, 9.17) is 5.26 Å². The van der Waals surface area contributed by atoms with Crippen LogP contribution in [0.3, 0.4) is 0 Å². The Morgan fingerprint density at radius 1 is 1.09 bits per heavy atom. The van der Waals surface area contributed by atoms with E-state index in [2.05, 4.69) is 46.6 Å². The number of nitriles is 1. The van der Waals surface area contributed by atoms with Crippen LogP contribution in [0.25, 0.3) is 0 Å². The van der Waals surface area contributed by atoms with Crippen molar-refractivity contribution < 1.29 is 0 Å². The molecule has 0 bridgehead atoms. The van der Waals surface area contributed by atoms with Gasteiger partial charge in [-0.15, -0.1) is 0 Å². The van der Waals surface area contributed by atoms with Gasteiger partial charge in [-0.05, 0) is 30.6 Å². The second kappa shape index (κ2) is 6.45. The van der Waals surface area contributed by atoms with Crippen LogP contribution in [0.4, 0.5) is 5.95 Å². The van der Waals surface area contributed by atoms with Gasteiger partial charge in [0.1, 0.15) is 6.07 Å². The normalized spacial score (nSPS) is 26.3. The standard InChI is InChI=1S/C18H27N5/c1-18(2,3)15-4-5-16(10-15)22-6-8-23(9-7-22)17-20-12-14(11-19)13-21-17/h12-13,15-16H,4-10H2,1-3H3/t15-,16+/m1/s1. The van der Waals surface area contributed by atoms with Crippen molar-refractivity contribution in [3.63, 3.8) is 0 Å². The van der Waals surface area contributed by atoms with Crippen LogP contribution in [0.2, 0.25) is 0 Å². The van der Waals surface area contributed by atoms with E-state index < -0.39 is 0 Å². The number of nitrogens with zero attached hydrogens (tertiary/aromatic N) is 5. The quantitative estimate of drug-likeness (QED) is 0.840. The molecule has 0 spiro atoms. The van der Waals surface area contributed by atoms with E-state index in [-0.39, 0.29) is 0 Å². The summed E-state index contributed by atoms with van der Waals surface area (Å²) in [6.45, 7) is 11.3. The van der Waals surface area contributed by atoms with Crippen molar-refractivity contribution in [2.45, 2.75) is 46.1 Å². The van der Waals surface area contributed by atoms with Crippen LogP contribution >= 0.6 is 0 Å². The molecule has 1 aromatic heterocycles. The zero-order valence-corrected chi connectivity index (χ0v) is 14.5. The molecular weight excluding hydrogens is 286 g/mol. The molecular formula is C18H27N5. The van der Waals surface area contributed by atoms with Crippen molar-refractivity contribution in [2.75, 3.05) is 31.1 Å². The third kappa shape index (κ3) is 3.64. The highest BCUT2D eigenvalue weighted by atomic mass is 15.3. The molecule has 0 radical (unpaired) electrons. The highest BCUT2D eigenvalue weighted by molar-refractivity contribution is 5.33. The topological polar surface area (TPSA) is 56.0 Å². The summed E-state index contributed by atoms with van der Waals surface area (Å²) >= 11 is 0. The lowest BCUT2D eigenvalue weighted by Gasteiger charge is -2.38. The fourth-order valence-corrected chi connectivity index (χ4v) is 3.91. The number of anilines is 1. The molecule has 0 unspecified atom stereocenters. The molecule has 5 heteroatoms. The van der Waals surface area contributed by atoms with E-state index in [0.29, 0.717) is 11.0 Å². The Balaban J connectivity index is 1.53. The first-order valence-corrected chi connectivity index (χ1v) is 8.68. The van der Waals surface area contributed by atoms with E-state index in [0.717, 1.165) is 44.1 Å². The van der Waals surface area contributed by atoms with Crippen LogP contribution in [0.15, 0.2) is 12.4 Å². The number of rotatable bonds is 2. The first-order chi connectivity index (χ1) is 11.0. The number of aromatic nitrogens is 2. The molecule has 0 aromatic carbocycles. The zero-order chi connectivity index (χ0) is 16.4. The maximum atomic E-state index is 8.82. The molecule has 0 N–H and O–H groups in total. The van der Waals surface area contributed by atoms with Crippen molar-refractivity contribution in [3.05, 3.63) is 18.0 Å². The Hall–Kier alpha value is -1.67. The minimum atomic E-state index is 0.437. The largest absolute Gasteiger partial charge is 0.338 e. The summed E-state index contributed by atoms with van der Waals surface area (Å²) in [4.78, 5) is 13.5. The van der Waals surface area contributed by atoms with Gasteiger partial charge >= 0.3 is 0 Å². The van der Waals surface area contributed by atoms with Crippen molar-refractivity contribution in [1.82, 2.24) is 14.9 Å². The van der Waals surface area contributed by atoms with Crippen LogP contribution in [0, 0.1) is 22.7 Å². The van der Waals surface area contributed by atoms with Crippen LogP contribution in [0.1, 0.15) is 45.6 Å². The maximum Gasteiger partial charge on any atom is 0.225 e. The minimum Gasteiger partial charge on any atom is -0.338 e. The van der Waals surface area contributed by atoms with Crippen molar-refractivity contribution in [3.8, 4) is 6.07 Å². The van der Waals surface area contributed by atoms with Crippen molar-refractivity contribution >= 4 is 5.95 Å². The predicted molar refractivity (Wildman–Crippen MR) is 91.1 cm³/mol. The Bertz CT molecular complexity index is 561. The summed E-state index contributed by atoms with van der Waals surface area (Å²) in [5, 5.41) is 8.82. The molecule has 2 atom stereocenters. The molecule has 2 fully saturated rings. The Labute approximate surface area is 139 Å². The van der Waals surface area contributed by atoms with Gasteiger partial charge in [0.05, 0.1) is 18.0 Å². The van der Waals surface area contributed by atoms with Crippen LogP contribution < -0.4 is 4.90 Å². The summed E-state index contributed by atoms with van der Waals surface area (Å²) in [6.07, 6.45) is 7.28. The zero-order valence-electron chi connectivity index (χ0n) is 14.5. The molecule has 1 aliphatic heterocycles. The summed E-state index contributed by atoms with van der Waals surface area (Å²) in [5.74, 6) is 1.61. The number of hydrogen-bond donors (Lipinski definition) is 0. The lowest BCUT2D eigenvalue weighted by Crippen LogP contribution is -2.50. The highest BCUT2D eigenvalue weighted by Crippen LogP contribution is 2.41. The SMILES string of the molecule is CC(C)(C)[C@@H]1CC[C@H](N2CCN(c3ncc(C#N)cn3)CC2)C1. The van der Waals surface area contributed by atoms with Crippen molar-refractivity contribution in [1.29, 1.82) is 5.26 Å². The summed E-state index contributed by atoms with van der Waals surface area (Å²) in [7, 11) is 0. The molecule has 1 saturated carbocycles. The van der Waals surface area contributed by atoms with Gasteiger partial charge in [0.15, 0.2) is 0 Å². The van der Waals surface area contributed by atoms with Gasteiger partial charge in [0.2, 0.25) is 5.95 Å². The van der Waals surface area contributed by atoms with Gasteiger partial charge < -0.3 is 4.90 Å². The van der Waals surface area contributed by atoms with E-state index >= 15 is 0 Å². The highest BCUT2D eigenvalue weighted by Gasteiger charge is 2.36. The lowest BCUT2D eigenvalue weighted by atomic mass is 9.79. The molecule has 1 aliphatic carbocycles. The number of hydrogen-bond acceptors (Lipinski definition) is 5. The molecule has 1 saturated heterocycles. The van der Waals surface area contributed by atoms with E-state index in [1.165, 1.54) is 19.3 Å². The van der Waals surface area contributed by atoms with Crippen LogP contribution in [-0.2, 0) is 0 Å². The van der Waals surface area contributed by atoms with Gasteiger partial charge in [-0.2, -0.15) is 5.26 Å². The van der Waals surface area contributed by atoms with E-state index in [1.807, 2.05) is 0 Å².